The van der Waals surface area contributed by atoms with Crippen LogP contribution in [0.25, 0.3) is 0 Å². The minimum atomic E-state index is -0.563. The van der Waals surface area contributed by atoms with Gasteiger partial charge in [0, 0.05) is 22.6 Å². The van der Waals surface area contributed by atoms with E-state index in [2.05, 4.69) is 21.2 Å². The van der Waals surface area contributed by atoms with Crippen LogP contribution in [-0.2, 0) is 0 Å². The minimum Gasteiger partial charge on any atom is -0.387 e. The predicted molar refractivity (Wildman–Crippen MR) is 79.8 cm³/mol. The normalized spacial score (nSPS) is 14.3. The average Bonchev–Trinajstić information content (AvgIpc) is 2.89. The van der Waals surface area contributed by atoms with Crippen molar-refractivity contribution < 1.29 is 9.50 Å². The number of aliphatic hydroxyl groups is 1. The highest BCUT2D eigenvalue weighted by Gasteiger charge is 2.13. The summed E-state index contributed by atoms with van der Waals surface area (Å²) < 4.78 is 14.5. The first-order chi connectivity index (χ1) is 9.08. The van der Waals surface area contributed by atoms with E-state index in [4.69, 9.17) is 0 Å². The van der Waals surface area contributed by atoms with Crippen LogP contribution in [0.1, 0.15) is 30.2 Å². The van der Waals surface area contributed by atoms with E-state index >= 15 is 0 Å². The van der Waals surface area contributed by atoms with Gasteiger partial charge >= 0.3 is 0 Å². The lowest BCUT2D eigenvalue weighted by Crippen LogP contribution is -2.25. The SMILES string of the molecule is CC(NCC(O)c1ccsc1)c1ccc(Br)cc1F. The fourth-order valence-corrected chi connectivity index (χ4v) is 2.87. The molecule has 2 N–H and O–H groups in total. The molecule has 2 atom stereocenters. The molecule has 5 heteroatoms. The van der Waals surface area contributed by atoms with Crippen molar-refractivity contribution >= 4 is 27.3 Å². The molecular formula is C14H15BrFNOS. The number of aliphatic hydroxyl groups excluding tert-OH is 1. The van der Waals surface area contributed by atoms with Crippen molar-refractivity contribution in [3.8, 4) is 0 Å². The molecule has 1 heterocycles. The van der Waals surface area contributed by atoms with Crippen LogP contribution in [0, 0.1) is 5.82 Å². The zero-order valence-corrected chi connectivity index (χ0v) is 12.8. The Hall–Kier alpha value is -0.750. The fourth-order valence-electron chi connectivity index (χ4n) is 1.83. The Morgan fingerprint density at radius 2 is 2.21 bits per heavy atom. The lowest BCUT2D eigenvalue weighted by molar-refractivity contribution is 0.171. The number of rotatable bonds is 5. The molecule has 1 aromatic heterocycles. The maximum Gasteiger partial charge on any atom is 0.129 e. The molecule has 102 valence electrons. The van der Waals surface area contributed by atoms with Gasteiger partial charge in [-0.3, -0.25) is 0 Å². The minimum absolute atomic E-state index is 0.151. The van der Waals surface area contributed by atoms with Gasteiger partial charge in [-0.2, -0.15) is 11.3 Å². The third-order valence-corrected chi connectivity index (χ3v) is 4.17. The molecule has 0 aliphatic carbocycles. The maximum atomic E-state index is 13.8. The van der Waals surface area contributed by atoms with Crippen molar-refractivity contribution in [2.24, 2.45) is 0 Å². The molecule has 0 spiro atoms. The van der Waals surface area contributed by atoms with Crippen LogP contribution in [0.3, 0.4) is 0 Å². The number of thiophene rings is 1. The topological polar surface area (TPSA) is 32.3 Å². The third kappa shape index (κ3) is 3.86. The Balaban J connectivity index is 1.96. The molecule has 0 aliphatic rings. The Morgan fingerprint density at radius 1 is 1.42 bits per heavy atom. The molecule has 0 amide bonds. The Bertz CT molecular complexity index is 532. The Labute approximate surface area is 124 Å². The summed E-state index contributed by atoms with van der Waals surface area (Å²) in [4.78, 5) is 0. The van der Waals surface area contributed by atoms with Crippen molar-refractivity contribution in [3.63, 3.8) is 0 Å². The predicted octanol–water partition coefficient (Wildman–Crippen LogP) is 4.03. The van der Waals surface area contributed by atoms with Crippen LogP contribution in [0.4, 0.5) is 4.39 Å². The van der Waals surface area contributed by atoms with Crippen molar-refractivity contribution in [1.29, 1.82) is 0 Å². The van der Waals surface area contributed by atoms with Crippen LogP contribution >= 0.6 is 27.3 Å². The van der Waals surface area contributed by atoms with E-state index in [-0.39, 0.29) is 11.9 Å². The average molecular weight is 344 g/mol. The zero-order chi connectivity index (χ0) is 13.8. The molecule has 2 nitrogen and oxygen atoms in total. The molecule has 0 aliphatic heterocycles. The summed E-state index contributed by atoms with van der Waals surface area (Å²) in [5.74, 6) is -0.251. The molecule has 0 fully saturated rings. The van der Waals surface area contributed by atoms with Crippen LogP contribution in [0.2, 0.25) is 0 Å². The van der Waals surface area contributed by atoms with E-state index in [9.17, 15) is 9.50 Å². The molecule has 1 aromatic carbocycles. The second kappa shape index (κ2) is 6.61. The summed E-state index contributed by atoms with van der Waals surface area (Å²) >= 11 is 4.78. The molecule has 0 radical (unpaired) electrons. The van der Waals surface area contributed by atoms with Crippen molar-refractivity contribution in [2.75, 3.05) is 6.54 Å². The number of hydrogen-bond donors (Lipinski definition) is 2. The summed E-state index contributed by atoms with van der Waals surface area (Å²) in [6.45, 7) is 2.28. The van der Waals surface area contributed by atoms with E-state index in [1.54, 1.807) is 17.4 Å². The van der Waals surface area contributed by atoms with Gasteiger partial charge in [-0.15, -0.1) is 0 Å². The summed E-state index contributed by atoms with van der Waals surface area (Å²) in [5, 5.41) is 16.9. The number of benzene rings is 1. The molecular weight excluding hydrogens is 329 g/mol. The first kappa shape index (κ1) is 14.7. The quantitative estimate of drug-likeness (QED) is 0.858. The van der Waals surface area contributed by atoms with Crippen LogP contribution in [0.5, 0.6) is 0 Å². The van der Waals surface area contributed by atoms with E-state index in [0.29, 0.717) is 12.1 Å². The molecule has 0 saturated heterocycles. The van der Waals surface area contributed by atoms with Crippen LogP contribution in [-0.4, -0.2) is 11.7 Å². The Morgan fingerprint density at radius 3 is 2.84 bits per heavy atom. The summed E-state index contributed by atoms with van der Waals surface area (Å²) in [5.41, 5.74) is 1.49. The standard InChI is InChI=1S/C14H15BrFNOS/c1-9(12-3-2-11(15)6-13(12)16)17-7-14(18)10-4-5-19-8-10/h2-6,8-9,14,17-18H,7H2,1H3. The molecule has 0 bridgehead atoms. The van der Waals surface area contributed by atoms with E-state index in [1.807, 2.05) is 29.8 Å². The Kier molecular flexibility index (Phi) is 5.10. The lowest BCUT2D eigenvalue weighted by Gasteiger charge is -2.17. The highest BCUT2D eigenvalue weighted by atomic mass is 79.9. The van der Waals surface area contributed by atoms with E-state index in [1.165, 1.54) is 6.07 Å². The zero-order valence-electron chi connectivity index (χ0n) is 10.4. The first-order valence-electron chi connectivity index (χ1n) is 5.96. The largest absolute Gasteiger partial charge is 0.387 e. The van der Waals surface area contributed by atoms with Gasteiger partial charge < -0.3 is 10.4 Å². The van der Waals surface area contributed by atoms with Crippen LogP contribution < -0.4 is 5.32 Å². The maximum absolute atomic E-state index is 13.8. The van der Waals surface area contributed by atoms with Crippen LogP contribution in [0.15, 0.2) is 39.5 Å². The smallest absolute Gasteiger partial charge is 0.129 e. The van der Waals surface area contributed by atoms with Gasteiger partial charge in [0.05, 0.1) is 6.10 Å². The van der Waals surface area contributed by atoms with Gasteiger partial charge in [-0.1, -0.05) is 22.0 Å². The van der Waals surface area contributed by atoms with Gasteiger partial charge in [0.2, 0.25) is 0 Å². The fraction of sp³-hybridized carbons (Fsp3) is 0.286. The van der Waals surface area contributed by atoms with Crippen molar-refractivity contribution in [3.05, 3.63) is 56.4 Å². The van der Waals surface area contributed by atoms with E-state index in [0.717, 1.165) is 10.0 Å². The molecule has 0 saturated carbocycles. The summed E-state index contributed by atoms with van der Waals surface area (Å²) in [6, 6.07) is 6.74. The second-order valence-electron chi connectivity index (χ2n) is 4.37. The van der Waals surface area contributed by atoms with Gasteiger partial charge in [0.15, 0.2) is 0 Å². The lowest BCUT2D eigenvalue weighted by atomic mass is 10.1. The first-order valence-corrected chi connectivity index (χ1v) is 7.70. The van der Waals surface area contributed by atoms with Gasteiger partial charge in [-0.05, 0) is 41.4 Å². The van der Waals surface area contributed by atoms with Gasteiger partial charge in [-0.25, -0.2) is 4.39 Å². The monoisotopic (exact) mass is 343 g/mol. The van der Waals surface area contributed by atoms with E-state index < -0.39 is 6.10 Å². The molecule has 2 aromatic rings. The van der Waals surface area contributed by atoms with Gasteiger partial charge in [0.1, 0.15) is 5.82 Å². The second-order valence-corrected chi connectivity index (χ2v) is 6.06. The molecule has 19 heavy (non-hydrogen) atoms. The number of nitrogens with one attached hydrogen (secondary N) is 1. The number of halogens is 2. The van der Waals surface area contributed by atoms with Crippen molar-refractivity contribution in [1.82, 2.24) is 5.32 Å². The molecule has 2 rings (SSSR count). The number of hydrogen-bond acceptors (Lipinski definition) is 3. The molecule has 2 unspecified atom stereocenters. The third-order valence-electron chi connectivity index (χ3n) is 2.97. The summed E-state index contributed by atoms with van der Waals surface area (Å²) in [7, 11) is 0. The van der Waals surface area contributed by atoms with Gasteiger partial charge in [0.25, 0.3) is 0 Å². The summed E-state index contributed by atoms with van der Waals surface area (Å²) in [6.07, 6.45) is -0.563. The highest BCUT2D eigenvalue weighted by molar-refractivity contribution is 9.10. The van der Waals surface area contributed by atoms with Crippen molar-refractivity contribution in [2.45, 2.75) is 19.1 Å². The highest BCUT2D eigenvalue weighted by Crippen LogP contribution is 2.22.